The molecule has 0 aromatic carbocycles. The fourth-order valence-corrected chi connectivity index (χ4v) is 2.56. The molecule has 17 heavy (non-hydrogen) atoms. The average molecular weight is 240 g/mol. The summed E-state index contributed by atoms with van der Waals surface area (Å²) >= 11 is 0. The second kappa shape index (κ2) is 5.36. The molecule has 0 aromatic heterocycles. The summed E-state index contributed by atoms with van der Waals surface area (Å²) in [5, 5.41) is 3.23. The third kappa shape index (κ3) is 2.99. The van der Waals surface area contributed by atoms with E-state index in [0.717, 1.165) is 39.1 Å². The number of morpholine rings is 1. The quantitative estimate of drug-likeness (QED) is 0.783. The number of carbonyl (C=O) groups excluding carboxylic acids is 1. The molecular formula is C13H24N2O2. The lowest BCUT2D eigenvalue weighted by Gasteiger charge is -2.40. The van der Waals surface area contributed by atoms with Crippen LogP contribution in [0.15, 0.2) is 0 Å². The van der Waals surface area contributed by atoms with Crippen LogP contribution >= 0.6 is 0 Å². The van der Waals surface area contributed by atoms with Crippen molar-refractivity contribution in [2.24, 2.45) is 5.41 Å². The number of hydrogen-bond acceptors (Lipinski definition) is 3. The normalized spacial score (nSPS) is 29.1. The highest BCUT2D eigenvalue weighted by atomic mass is 16.5. The lowest BCUT2D eigenvalue weighted by molar-refractivity contribution is -0.138. The molecule has 2 heterocycles. The largest absolute Gasteiger partial charge is 0.378 e. The standard InChI is InChI=1S/C13H24N2O2/c1-3-13(2)4-7-15(8-5-13)12(16)11-10-17-9-6-14-11/h11,14H,3-10H2,1-2H3. The number of nitrogens with one attached hydrogen (secondary N) is 1. The van der Waals surface area contributed by atoms with Crippen molar-refractivity contribution in [3.05, 3.63) is 0 Å². The second-order valence-electron chi connectivity index (χ2n) is 5.57. The number of amides is 1. The minimum Gasteiger partial charge on any atom is -0.378 e. The van der Waals surface area contributed by atoms with Gasteiger partial charge >= 0.3 is 0 Å². The van der Waals surface area contributed by atoms with E-state index in [4.69, 9.17) is 4.74 Å². The Morgan fingerprint density at radius 1 is 1.47 bits per heavy atom. The van der Waals surface area contributed by atoms with Gasteiger partial charge in [-0.05, 0) is 18.3 Å². The van der Waals surface area contributed by atoms with Gasteiger partial charge in [-0.1, -0.05) is 20.3 Å². The van der Waals surface area contributed by atoms with Gasteiger partial charge in [-0.2, -0.15) is 0 Å². The Bertz CT molecular complexity index is 267. The Morgan fingerprint density at radius 3 is 2.71 bits per heavy atom. The molecule has 0 aliphatic carbocycles. The van der Waals surface area contributed by atoms with Crippen molar-refractivity contribution >= 4 is 5.91 Å². The lowest BCUT2D eigenvalue weighted by atomic mass is 9.78. The number of hydrogen-bond donors (Lipinski definition) is 1. The first-order valence-corrected chi connectivity index (χ1v) is 6.74. The van der Waals surface area contributed by atoms with Gasteiger partial charge in [0.1, 0.15) is 6.04 Å². The fraction of sp³-hybridized carbons (Fsp3) is 0.923. The Balaban J connectivity index is 1.85. The zero-order valence-electron chi connectivity index (χ0n) is 11.0. The molecule has 98 valence electrons. The Hall–Kier alpha value is -0.610. The SMILES string of the molecule is CCC1(C)CCN(C(=O)C2COCCN2)CC1. The van der Waals surface area contributed by atoms with E-state index in [0.29, 0.717) is 12.0 Å². The molecule has 2 saturated heterocycles. The molecule has 2 rings (SSSR count). The van der Waals surface area contributed by atoms with Gasteiger partial charge in [0.2, 0.25) is 5.91 Å². The molecule has 1 atom stereocenters. The fourth-order valence-electron chi connectivity index (χ4n) is 2.56. The predicted octanol–water partition coefficient (Wildman–Crippen LogP) is 1.01. The highest BCUT2D eigenvalue weighted by Gasteiger charge is 2.33. The molecule has 4 heteroatoms. The summed E-state index contributed by atoms with van der Waals surface area (Å²) in [5.74, 6) is 0.225. The maximum absolute atomic E-state index is 12.2. The Morgan fingerprint density at radius 2 is 2.18 bits per heavy atom. The summed E-state index contributed by atoms with van der Waals surface area (Å²) in [5.41, 5.74) is 0.438. The van der Waals surface area contributed by atoms with Gasteiger partial charge in [-0.3, -0.25) is 4.79 Å². The summed E-state index contributed by atoms with van der Waals surface area (Å²) < 4.78 is 5.35. The van der Waals surface area contributed by atoms with Crippen LogP contribution < -0.4 is 5.32 Å². The van der Waals surface area contributed by atoms with Gasteiger partial charge in [0.25, 0.3) is 0 Å². The molecule has 1 N–H and O–H groups in total. The van der Waals surface area contributed by atoms with Crippen molar-refractivity contribution in [2.75, 3.05) is 32.8 Å². The highest BCUT2D eigenvalue weighted by Crippen LogP contribution is 2.34. The van der Waals surface area contributed by atoms with Crippen molar-refractivity contribution in [1.82, 2.24) is 10.2 Å². The van der Waals surface area contributed by atoms with E-state index in [1.54, 1.807) is 0 Å². The summed E-state index contributed by atoms with van der Waals surface area (Å²) in [7, 11) is 0. The summed E-state index contributed by atoms with van der Waals surface area (Å²) in [6, 6.07) is -0.116. The maximum atomic E-state index is 12.2. The van der Waals surface area contributed by atoms with Gasteiger partial charge in [0, 0.05) is 19.6 Å². The molecule has 0 spiro atoms. The molecule has 0 bridgehead atoms. The van der Waals surface area contributed by atoms with Crippen LogP contribution in [-0.2, 0) is 9.53 Å². The minimum atomic E-state index is -0.116. The number of rotatable bonds is 2. The van der Waals surface area contributed by atoms with Crippen LogP contribution in [0.5, 0.6) is 0 Å². The number of piperidine rings is 1. The van der Waals surface area contributed by atoms with E-state index in [-0.39, 0.29) is 11.9 Å². The third-order valence-corrected chi connectivity index (χ3v) is 4.36. The highest BCUT2D eigenvalue weighted by molar-refractivity contribution is 5.82. The molecule has 0 radical (unpaired) electrons. The van der Waals surface area contributed by atoms with E-state index in [2.05, 4.69) is 19.2 Å². The average Bonchev–Trinajstić information content (AvgIpc) is 2.40. The van der Waals surface area contributed by atoms with Crippen LogP contribution in [0, 0.1) is 5.41 Å². The van der Waals surface area contributed by atoms with E-state index >= 15 is 0 Å². The van der Waals surface area contributed by atoms with Crippen LogP contribution in [0.2, 0.25) is 0 Å². The topological polar surface area (TPSA) is 41.6 Å². The zero-order chi connectivity index (χ0) is 12.3. The molecule has 2 fully saturated rings. The van der Waals surface area contributed by atoms with Crippen molar-refractivity contribution < 1.29 is 9.53 Å². The van der Waals surface area contributed by atoms with Crippen molar-refractivity contribution in [3.8, 4) is 0 Å². The van der Waals surface area contributed by atoms with E-state index in [9.17, 15) is 4.79 Å². The number of likely N-dealkylation sites (tertiary alicyclic amines) is 1. The molecule has 2 aliphatic heterocycles. The maximum Gasteiger partial charge on any atom is 0.242 e. The van der Waals surface area contributed by atoms with Crippen LogP contribution in [0.3, 0.4) is 0 Å². The van der Waals surface area contributed by atoms with Crippen LogP contribution in [0.1, 0.15) is 33.1 Å². The summed E-state index contributed by atoms with van der Waals surface area (Å²) in [4.78, 5) is 14.2. The first-order valence-electron chi connectivity index (χ1n) is 6.74. The molecule has 1 unspecified atom stereocenters. The van der Waals surface area contributed by atoms with Crippen LogP contribution in [0.4, 0.5) is 0 Å². The number of ether oxygens (including phenoxy) is 1. The molecule has 4 nitrogen and oxygen atoms in total. The molecule has 0 saturated carbocycles. The van der Waals surface area contributed by atoms with E-state index in [1.807, 2.05) is 4.90 Å². The van der Waals surface area contributed by atoms with Crippen molar-refractivity contribution in [3.63, 3.8) is 0 Å². The van der Waals surface area contributed by atoms with E-state index in [1.165, 1.54) is 6.42 Å². The van der Waals surface area contributed by atoms with Gasteiger partial charge in [0.05, 0.1) is 13.2 Å². The van der Waals surface area contributed by atoms with Gasteiger partial charge < -0.3 is 15.0 Å². The summed E-state index contributed by atoms with van der Waals surface area (Å²) in [6.45, 7) is 8.42. The monoisotopic (exact) mass is 240 g/mol. The molecule has 2 aliphatic rings. The van der Waals surface area contributed by atoms with Crippen molar-refractivity contribution in [1.29, 1.82) is 0 Å². The van der Waals surface area contributed by atoms with Crippen molar-refractivity contribution in [2.45, 2.75) is 39.2 Å². The Kier molecular flexibility index (Phi) is 4.05. The van der Waals surface area contributed by atoms with Crippen LogP contribution in [0.25, 0.3) is 0 Å². The van der Waals surface area contributed by atoms with Crippen LogP contribution in [-0.4, -0.2) is 49.7 Å². The van der Waals surface area contributed by atoms with E-state index < -0.39 is 0 Å². The Labute approximate surface area is 104 Å². The third-order valence-electron chi connectivity index (χ3n) is 4.36. The number of nitrogens with zero attached hydrogens (tertiary/aromatic N) is 1. The van der Waals surface area contributed by atoms with Gasteiger partial charge in [-0.15, -0.1) is 0 Å². The first kappa shape index (κ1) is 12.8. The molecular weight excluding hydrogens is 216 g/mol. The lowest BCUT2D eigenvalue weighted by Crippen LogP contribution is -2.54. The zero-order valence-corrected chi connectivity index (χ0v) is 11.0. The van der Waals surface area contributed by atoms with Gasteiger partial charge in [0.15, 0.2) is 0 Å². The molecule has 0 aromatic rings. The summed E-state index contributed by atoms with van der Waals surface area (Å²) in [6.07, 6.45) is 3.46. The predicted molar refractivity (Wildman–Crippen MR) is 66.8 cm³/mol. The second-order valence-corrected chi connectivity index (χ2v) is 5.57. The molecule has 1 amide bonds. The first-order chi connectivity index (χ1) is 8.14. The van der Waals surface area contributed by atoms with Gasteiger partial charge in [-0.25, -0.2) is 0 Å². The number of carbonyl (C=O) groups is 1. The smallest absolute Gasteiger partial charge is 0.242 e. The minimum absolute atomic E-state index is 0.116.